The predicted molar refractivity (Wildman–Crippen MR) is 113 cm³/mol. The topological polar surface area (TPSA) is 90.4 Å². The quantitative estimate of drug-likeness (QED) is 0.176. The summed E-state index contributed by atoms with van der Waals surface area (Å²) in [6, 6.07) is 2.24. The zero-order valence-corrected chi connectivity index (χ0v) is 17.9. The first-order valence-electron chi connectivity index (χ1n) is 8.97. The Morgan fingerprint density at radius 3 is 2.57 bits per heavy atom. The second-order valence-electron chi connectivity index (χ2n) is 6.08. The third-order valence-electron chi connectivity index (χ3n) is 3.80. The molecule has 1 aromatic rings. The van der Waals surface area contributed by atoms with E-state index in [-0.39, 0.29) is 54.7 Å². The van der Waals surface area contributed by atoms with E-state index in [9.17, 15) is 18.0 Å². The fourth-order valence-electron chi connectivity index (χ4n) is 2.32. The van der Waals surface area contributed by atoms with Crippen molar-refractivity contribution in [2.45, 2.75) is 25.9 Å². The van der Waals surface area contributed by atoms with Crippen LogP contribution in [0.4, 0.5) is 19.0 Å². The molecule has 0 bridgehead atoms. The van der Waals surface area contributed by atoms with Crippen LogP contribution in [0.2, 0.25) is 0 Å². The molecule has 158 valence electrons. The van der Waals surface area contributed by atoms with Gasteiger partial charge in [-0.15, -0.1) is 24.0 Å². The van der Waals surface area contributed by atoms with Gasteiger partial charge in [0.1, 0.15) is 5.82 Å². The molecule has 0 aromatic carbocycles. The minimum Gasteiger partial charge on any atom is -0.368 e. The van der Waals surface area contributed by atoms with E-state index in [2.05, 4.69) is 31.2 Å². The van der Waals surface area contributed by atoms with Gasteiger partial charge in [-0.1, -0.05) is 0 Å². The van der Waals surface area contributed by atoms with E-state index in [1.165, 1.54) is 12.3 Å². The van der Waals surface area contributed by atoms with Crippen LogP contribution in [-0.4, -0.2) is 49.6 Å². The lowest BCUT2D eigenvalue weighted by atomic mass is 10.2. The molecule has 0 radical (unpaired) electrons. The summed E-state index contributed by atoms with van der Waals surface area (Å²) >= 11 is 0. The number of halogens is 4. The fourth-order valence-corrected chi connectivity index (χ4v) is 2.32. The van der Waals surface area contributed by atoms with Crippen LogP contribution >= 0.6 is 24.0 Å². The smallest absolute Gasteiger partial charge is 0.368 e. The number of guanidine groups is 1. The number of carbonyl (C=O) groups excluding carboxylic acids is 1. The largest absolute Gasteiger partial charge is 0.419 e. The standard InChI is InChI=1S/C17H25F3N6O.HI/c1-2-21-16(26-11-9-24-15(27)12-5-6-12)25-10-8-23-14-13(17(18,19)20)4-3-7-22-14;/h3-4,7,12H,2,5-6,8-11H2,1H3,(H,22,23)(H,24,27)(H2,21,25,26);1H. The van der Waals surface area contributed by atoms with Crippen LogP contribution < -0.4 is 21.3 Å². The van der Waals surface area contributed by atoms with Gasteiger partial charge >= 0.3 is 6.18 Å². The number of aromatic nitrogens is 1. The minimum atomic E-state index is -4.46. The molecule has 1 heterocycles. The Kier molecular flexibility index (Phi) is 10.3. The summed E-state index contributed by atoms with van der Waals surface area (Å²) in [5.74, 6) is 0.586. The zero-order valence-electron chi connectivity index (χ0n) is 15.6. The van der Waals surface area contributed by atoms with Gasteiger partial charge in [0.2, 0.25) is 5.91 Å². The van der Waals surface area contributed by atoms with E-state index in [0.717, 1.165) is 18.9 Å². The summed E-state index contributed by atoms with van der Waals surface area (Å²) in [5, 5.41) is 11.6. The molecule has 1 aliphatic rings. The second kappa shape index (κ2) is 11.9. The summed E-state index contributed by atoms with van der Waals surface area (Å²) in [6.07, 6.45) is -1.23. The Bertz CT molecular complexity index is 652. The number of carbonyl (C=O) groups is 1. The van der Waals surface area contributed by atoms with E-state index in [1.54, 1.807) is 0 Å². The van der Waals surface area contributed by atoms with Crippen LogP contribution in [-0.2, 0) is 11.0 Å². The van der Waals surface area contributed by atoms with Gasteiger partial charge in [0.05, 0.1) is 12.1 Å². The summed E-state index contributed by atoms with van der Waals surface area (Å²) in [6.45, 7) is 4.02. The fraction of sp³-hybridized carbons (Fsp3) is 0.588. The lowest BCUT2D eigenvalue weighted by Crippen LogP contribution is -2.42. The molecule has 11 heteroatoms. The van der Waals surface area contributed by atoms with E-state index < -0.39 is 11.7 Å². The van der Waals surface area contributed by atoms with Gasteiger partial charge in [0, 0.05) is 38.3 Å². The molecule has 2 rings (SSSR count). The van der Waals surface area contributed by atoms with Crippen molar-refractivity contribution in [2.24, 2.45) is 10.9 Å². The molecule has 28 heavy (non-hydrogen) atoms. The molecule has 1 saturated carbocycles. The van der Waals surface area contributed by atoms with Crippen molar-refractivity contribution >= 4 is 41.7 Å². The van der Waals surface area contributed by atoms with E-state index in [0.29, 0.717) is 25.6 Å². The van der Waals surface area contributed by atoms with E-state index in [1.807, 2.05) is 6.92 Å². The maximum absolute atomic E-state index is 12.9. The van der Waals surface area contributed by atoms with Crippen LogP contribution in [0, 0.1) is 5.92 Å². The molecule has 1 aromatic heterocycles. The van der Waals surface area contributed by atoms with Crippen LogP contribution in [0.25, 0.3) is 0 Å². The van der Waals surface area contributed by atoms with Crippen molar-refractivity contribution in [1.29, 1.82) is 0 Å². The highest BCUT2D eigenvalue weighted by Crippen LogP contribution is 2.33. The third kappa shape index (κ3) is 8.48. The number of amides is 1. The highest BCUT2D eigenvalue weighted by atomic mass is 127. The average Bonchev–Trinajstić information content (AvgIpc) is 3.46. The molecular formula is C17H26F3IN6O. The average molecular weight is 514 g/mol. The first kappa shape index (κ1) is 24.2. The van der Waals surface area contributed by atoms with Crippen LogP contribution in [0.15, 0.2) is 23.3 Å². The van der Waals surface area contributed by atoms with Gasteiger partial charge < -0.3 is 21.3 Å². The Labute approximate surface area is 179 Å². The van der Waals surface area contributed by atoms with Crippen LogP contribution in [0.1, 0.15) is 25.3 Å². The maximum Gasteiger partial charge on any atom is 0.419 e. The normalized spacial score (nSPS) is 14.1. The summed E-state index contributed by atoms with van der Waals surface area (Å²) in [4.78, 5) is 19.6. The Balaban J connectivity index is 0.00000392. The van der Waals surface area contributed by atoms with Crippen molar-refractivity contribution < 1.29 is 18.0 Å². The van der Waals surface area contributed by atoms with Gasteiger partial charge in [-0.25, -0.2) is 4.98 Å². The Hall–Kier alpha value is -1.79. The van der Waals surface area contributed by atoms with Gasteiger partial charge in [0.25, 0.3) is 0 Å². The lowest BCUT2D eigenvalue weighted by molar-refractivity contribution is -0.137. The predicted octanol–water partition coefficient (Wildman–Crippen LogP) is 2.21. The Morgan fingerprint density at radius 1 is 1.21 bits per heavy atom. The molecule has 0 unspecified atom stereocenters. The van der Waals surface area contributed by atoms with Gasteiger partial charge in [-0.05, 0) is 31.9 Å². The first-order valence-corrected chi connectivity index (χ1v) is 8.97. The second-order valence-corrected chi connectivity index (χ2v) is 6.08. The molecule has 0 atom stereocenters. The number of pyridine rings is 1. The molecule has 7 nitrogen and oxygen atoms in total. The Morgan fingerprint density at radius 2 is 1.93 bits per heavy atom. The van der Waals surface area contributed by atoms with Crippen molar-refractivity contribution in [3.05, 3.63) is 23.9 Å². The zero-order chi connectivity index (χ0) is 19.7. The molecule has 1 fully saturated rings. The summed E-state index contributed by atoms with van der Waals surface area (Å²) < 4.78 is 38.7. The van der Waals surface area contributed by atoms with Crippen molar-refractivity contribution in [1.82, 2.24) is 20.9 Å². The molecule has 0 spiro atoms. The highest BCUT2D eigenvalue weighted by Gasteiger charge is 2.33. The van der Waals surface area contributed by atoms with Gasteiger partial charge in [0.15, 0.2) is 5.96 Å². The summed E-state index contributed by atoms with van der Waals surface area (Å²) in [7, 11) is 0. The minimum absolute atomic E-state index is 0. The number of nitrogens with one attached hydrogen (secondary N) is 4. The maximum atomic E-state index is 12.9. The third-order valence-corrected chi connectivity index (χ3v) is 3.80. The molecule has 4 N–H and O–H groups in total. The molecule has 0 saturated heterocycles. The molecular weight excluding hydrogens is 488 g/mol. The first-order chi connectivity index (χ1) is 12.9. The number of nitrogens with zero attached hydrogens (tertiary/aromatic N) is 2. The number of hydrogen-bond acceptors (Lipinski definition) is 4. The van der Waals surface area contributed by atoms with Gasteiger partial charge in [-0.3, -0.25) is 9.79 Å². The lowest BCUT2D eigenvalue weighted by Gasteiger charge is -2.13. The number of hydrogen-bond donors (Lipinski definition) is 4. The van der Waals surface area contributed by atoms with Crippen LogP contribution in [0.5, 0.6) is 0 Å². The highest BCUT2D eigenvalue weighted by molar-refractivity contribution is 14.0. The van der Waals surface area contributed by atoms with Crippen molar-refractivity contribution in [3.63, 3.8) is 0 Å². The number of alkyl halides is 3. The number of aliphatic imine (C=N–C) groups is 1. The van der Waals surface area contributed by atoms with Crippen molar-refractivity contribution in [2.75, 3.05) is 38.0 Å². The van der Waals surface area contributed by atoms with Crippen LogP contribution in [0.3, 0.4) is 0 Å². The number of anilines is 1. The molecule has 0 aliphatic heterocycles. The SMILES string of the molecule is CCNC(=NCCNc1ncccc1C(F)(F)F)NCCNC(=O)C1CC1.I. The van der Waals surface area contributed by atoms with E-state index in [4.69, 9.17) is 0 Å². The number of rotatable bonds is 9. The monoisotopic (exact) mass is 514 g/mol. The van der Waals surface area contributed by atoms with Gasteiger partial charge in [-0.2, -0.15) is 13.2 Å². The van der Waals surface area contributed by atoms with Crippen molar-refractivity contribution in [3.8, 4) is 0 Å². The summed E-state index contributed by atoms with van der Waals surface area (Å²) in [5.41, 5.74) is -0.801. The van der Waals surface area contributed by atoms with E-state index >= 15 is 0 Å². The molecule has 1 amide bonds. The molecule has 1 aliphatic carbocycles.